The van der Waals surface area contributed by atoms with Gasteiger partial charge >= 0.3 is 5.97 Å². The van der Waals surface area contributed by atoms with Gasteiger partial charge in [-0.3, -0.25) is 19.4 Å². The van der Waals surface area contributed by atoms with Crippen molar-refractivity contribution >= 4 is 23.7 Å². The maximum absolute atomic E-state index is 13.3. The number of hydrogen-bond donors (Lipinski definition) is 2. The molecule has 1 aromatic carbocycles. The van der Waals surface area contributed by atoms with Gasteiger partial charge in [0.25, 0.3) is 11.8 Å². The predicted molar refractivity (Wildman–Crippen MR) is 133 cm³/mol. The van der Waals surface area contributed by atoms with Gasteiger partial charge in [0, 0.05) is 30.5 Å². The fraction of sp³-hybridized carbons (Fsp3) is 0.423. The summed E-state index contributed by atoms with van der Waals surface area (Å²) in [4.78, 5) is 57.5. The van der Waals surface area contributed by atoms with Gasteiger partial charge in [-0.1, -0.05) is 13.8 Å². The second kappa shape index (κ2) is 12.2. The average molecular weight is 513 g/mol. The zero-order valence-corrected chi connectivity index (χ0v) is 21.5. The van der Waals surface area contributed by atoms with Crippen molar-refractivity contribution in [1.82, 2.24) is 20.5 Å². The summed E-state index contributed by atoms with van der Waals surface area (Å²) in [6.07, 6.45) is 1.70. The van der Waals surface area contributed by atoms with E-state index in [2.05, 4.69) is 15.6 Å². The molecule has 3 atom stereocenters. The number of esters is 1. The second-order valence-corrected chi connectivity index (χ2v) is 9.03. The van der Waals surface area contributed by atoms with Crippen LogP contribution >= 0.6 is 0 Å². The summed E-state index contributed by atoms with van der Waals surface area (Å²) >= 11 is 0. The van der Waals surface area contributed by atoms with Crippen LogP contribution in [0.25, 0.3) is 0 Å². The monoisotopic (exact) mass is 512 g/mol. The first-order valence-electron chi connectivity index (χ1n) is 11.9. The minimum absolute atomic E-state index is 0.0683. The van der Waals surface area contributed by atoms with Gasteiger partial charge in [0.1, 0.15) is 0 Å². The molecule has 1 aromatic heterocycles. The standard InChI is InChI=1S/C26H32N4O7/c1-15(2)19-13-30(25(33)18-7-6-10-27-12-18)14-22(31)28-16(3)23(26(34)36-5)37-21-11-17(24(32)29-19)8-9-20(21)35-4/h6-12,15-16,19,23H,13-14H2,1-5H3,(H,28,31)(H,29,32)/t16-,19+,23+/m0/s1. The highest BCUT2D eigenvalue weighted by atomic mass is 16.6. The zero-order valence-electron chi connectivity index (χ0n) is 21.5. The highest BCUT2D eigenvalue weighted by Crippen LogP contribution is 2.30. The summed E-state index contributed by atoms with van der Waals surface area (Å²) in [5.74, 6) is -1.73. The Hall–Kier alpha value is -4.15. The van der Waals surface area contributed by atoms with Gasteiger partial charge in [0.15, 0.2) is 11.5 Å². The number of nitrogens with zero attached hydrogens (tertiary/aromatic N) is 2. The van der Waals surface area contributed by atoms with Crippen molar-refractivity contribution in [2.75, 3.05) is 27.3 Å². The zero-order chi connectivity index (χ0) is 27.1. The van der Waals surface area contributed by atoms with E-state index in [1.807, 2.05) is 13.8 Å². The smallest absolute Gasteiger partial charge is 0.349 e. The van der Waals surface area contributed by atoms with Crippen LogP contribution in [-0.4, -0.2) is 79.1 Å². The van der Waals surface area contributed by atoms with Gasteiger partial charge in [-0.2, -0.15) is 0 Å². The minimum atomic E-state index is -1.25. The molecule has 11 heteroatoms. The van der Waals surface area contributed by atoms with Crippen LogP contribution in [0.3, 0.4) is 0 Å². The first kappa shape index (κ1) is 27.4. The van der Waals surface area contributed by atoms with Crippen molar-refractivity contribution < 1.29 is 33.4 Å². The van der Waals surface area contributed by atoms with Crippen molar-refractivity contribution in [3.63, 3.8) is 0 Å². The molecule has 0 unspecified atom stereocenters. The molecule has 0 aliphatic carbocycles. The number of carbonyl (C=O) groups excluding carboxylic acids is 4. The van der Waals surface area contributed by atoms with Crippen LogP contribution < -0.4 is 20.1 Å². The first-order chi connectivity index (χ1) is 17.6. The summed E-state index contributed by atoms with van der Waals surface area (Å²) in [5.41, 5.74) is 0.567. The van der Waals surface area contributed by atoms with Crippen molar-refractivity contribution in [1.29, 1.82) is 0 Å². The molecular formula is C26H32N4O7. The van der Waals surface area contributed by atoms with Crippen LogP contribution in [0.1, 0.15) is 41.5 Å². The van der Waals surface area contributed by atoms with Gasteiger partial charge in [-0.15, -0.1) is 0 Å². The summed E-state index contributed by atoms with van der Waals surface area (Å²) in [6.45, 7) is 5.15. The molecule has 2 bridgehead atoms. The Balaban J connectivity index is 2.06. The van der Waals surface area contributed by atoms with E-state index in [0.29, 0.717) is 11.3 Å². The van der Waals surface area contributed by atoms with Gasteiger partial charge in [-0.05, 0) is 43.2 Å². The number of hydrogen-bond acceptors (Lipinski definition) is 8. The number of ether oxygens (including phenoxy) is 3. The first-order valence-corrected chi connectivity index (χ1v) is 11.9. The number of pyridine rings is 1. The molecule has 3 amide bonds. The largest absolute Gasteiger partial charge is 0.493 e. The molecule has 2 heterocycles. The summed E-state index contributed by atoms with van der Waals surface area (Å²) in [6, 6.07) is 6.49. The maximum Gasteiger partial charge on any atom is 0.349 e. The van der Waals surface area contributed by atoms with Crippen LogP contribution in [0.15, 0.2) is 42.7 Å². The fourth-order valence-corrected chi connectivity index (χ4v) is 3.87. The number of rotatable bonds is 4. The Kier molecular flexibility index (Phi) is 9.05. The predicted octanol–water partition coefficient (Wildman–Crippen LogP) is 1.43. The van der Waals surface area contributed by atoms with Crippen LogP contribution in [0.5, 0.6) is 11.5 Å². The van der Waals surface area contributed by atoms with Gasteiger partial charge in [-0.25, -0.2) is 4.79 Å². The molecule has 0 spiro atoms. The lowest BCUT2D eigenvalue weighted by Gasteiger charge is -2.31. The lowest BCUT2D eigenvalue weighted by Crippen LogP contribution is -2.54. The Morgan fingerprint density at radius 2 is 1.92 bits per heavy atom. The number of nitrogens with one attached hydrogen (secondary N) is 2. The number of benzene rings is 1. The van der Waals surface area contributed by atoms with E-state index in [1.165, 1.54) is 31.4 Å². The third kappa shape index (κ3) is 6.75. The van der Waals surface area contributed by atoms with E-state index in [1.54, 1.807) is 37.4 Å². The molecule has 0 saturated carbocycles. The molecule has 1 aliphatic heterocycles. The van der Waals surface area contributed by atoms with Crippen molar-refractivity contribution in [3.05, 3.63) is 53.9 Å². The topological polar surface area (TPSA) is 136 Å². The van der Waals surface area contributed by atoms with Crippen molar-refractivity contribution in [2.24, 2.45) is 5.92 Å². The molecule has 2 N–H and O–H groups in total. The SMILES string of the molecule is COC(=O)[C@@H]1Oc2cc(ccc2OC)C(=O)N[C@@H](C(C)C)CN(C(=O)c2cccnc2)CC(=O)N[C@H]1C. The van der Waals surface area contributed by atoms with E-state index < -0.39 is 41.9 Å². The van der Waals surface area contributed by atoms with Gasteiger partial charge in [0.2, 0.25) is 12.0 Å². The van der Waals surface area contributed by atoms with E-state index in [4.69, 9.17) is 14.2 Å². The van der Waals surface area contributed by atoms with Crippen LogP contribution in [0.2, 0.25) is 0 Å². The summed E-state index contributed by atoms with van der Waals surface area (Å²) in [7, 11) is 2.63. The van der Waals surface area contributed by atoms with Gasteiger partial charge in [0.05, 0.1) is 32.4 Å². The van der Waals surface area contributed by atoms with Crippen LogP contribution in [0, 0.1) is 5.92 Å². The van der Waals surface area contributed by atoms with Gasteiger partial charge < -0.3 is 29.7 Å². The second-order valence-electron chi connectivity index (χ2n) is 9.03. The number of aromatic nitrogens is 1. The summed E-state index contributed by atoms with van der Waals surface area (Å²) < 4.78 is 16.1. The van der Waals surface area contributed by atoms with Crippen molar-refractivity contribution in [2.45, 2.75) is 39.0 Å². The third-order valence-electron chi connectivity index (χ3n) is 6.02. The number of carbonyl (C=O) groups is 4. The molecule has 37 heavy (non-hydrogen) atoms. The number of methoxy groups -OCH3 is 2. The Labute approximate surface area is 215 Å². The maximum atomic E-state index is 13.3. The highest BCUT2D eigenvalue weighted by Gasteiger charge is 2.33. The van der Waals surface area contributed by atoms with E-state index in [9.17, 15) is 19.2 Å². The number of fused-ring (bicyclic) bond motifs is 2. The molecule has 11 nitrogen and oxygen atoms in total. The number of amides is 3. The molecule has 0 radical (unpaired) electrons. The Morgan fingerprint density at radius 3 is 2.54 bits per heavy atom. The average Bonchev–Trinajstić information content (AvgIpc) is 2.89. The molecule has 1 aliphatic rings. The quantitative estimate of drug-likeness (QED) is 0.587. The lowest BCUT2D eigenvalue weighted by atomic mass is 10.0. The molecular weight excluding hydrogens is 480 g/mol. The van der Waals surface area contributed by atoms with Crippen LogP contribution in [-0.2, 0) is 14.3 Å². The highest BCUT2D eigenvalue weighted by molar-refractivity contribution is 5.97. The molecule has 3 rings (SSSR count). The van der Waals surface area contributed by atoms with E-state index >= 15 is 0 Å². The molecule has 198 valence electrons. The fourth-order valence-electron chi connectivity index (χ4n) is 3.87. The minimum Gasteiger partial charge on any atom is -0.493 e. The van der Waals surface area contributed by atoms with Crippen LogP contribution in [0.4, 0.5) is 0 Å². The Bertz CT molecular complexity index is 1140. The van der Waals surface area contributed by atoms with E-state index in [-0.39, 0.29) is 30.3 Å². The van der Waals surface area contributed by atoms with E-state index in [0.717, 1.165) is 0 Å². The summed E-state index contributed by atoms with van der Waals surface area (Å²) in [5, 5.41) is 5.68. The third-order valence-corrected chi connectivity index (χ3v) is 6.02. The molecule has 0 saturated heterocycles. The molecule has 0 fully saturated rings. The lowest BCUT2D eigenvalue weighted by molar-refractivity contribution is -0.150. The van der Waals surface area contributed by atoms with Crippen molar-refractivity contribution in [3.8, 4) is 11.5 Å². The Morgan fingerprint density at radius 1 is 1.16 bits per heavy atom. The normalized spacial score (nSPS) is 20.7. The molecule has 2 aromatic rings.